The van der Waals surface area contributed by atoms with Gasteiger partial charge in [0.1, 0.15) is 0 Å². The van der Waals surface area contributed by atoms with Crippen LogP contribution < -0.4 is 0 Å². The van der Waals surface area contributed by atoms with E-state index in [0.717, 1.165) is 22.3 Å². The molecule has 6 heteroatoms. The van der Waals surface area contributed by atoms with Gasteiger partial charge in [-0.3, -0.25) is 4.79 Å². The van der Waals surface area contributed by atoms with Crippen LogP contribution in [0.5, 0.6) is 0 Å². The summed E-state index contributed by atoms with van der Waals surface area (Å²) in [5, 5.41) is 9.21. The molecule has 1 N–H and O–H groups in total. The Morgan fingerprint density at radius 3 is 2.44 bits per heavy atom. The van der Waals surface area contributed by atoms with E-state index in [1.54, 1.807) is 4.90 Å². The fourth-order valence-corrected chi connectivity index (χ4v) is 3.82. The molecule has 2 heterocycles. The van der Waals surface area contributed by atoms with Gasteiger partial charge in [0.25, 0.3) is 5.91 Å². The van der Waals surface area contributed by atoms with E-state index in [4.69, 9.17) is 20.6 Å². The second kappa shape index (κ2) is 10.5. The van der Waals surface area contributed by atoms with Gasteiger partial charge in [-0.05, 0) is 34.9 Å². The number of aliphatic hydroxyl groups is 1. The fourth-order valence-electron chi connectivity index (χ4n) is 3.82. The molecule has 1 fully saturated rings. The highest BCUT2D eigenvalue weighted by Crippen LogP contribution is 2.32. The molecular formula is C26H27NO5. The molecule has 0 saturated carbocycles. The van der Waals surface area contributed by atoms with Gasteiger partial charge in [-0.2, -0.15) is 0 Å². The monoisotopic (exact) mass is 433 g/mol. The fraction of sp³-hybridized carbons (Fsp3) is 0.346. The number of rotatable bonds is 6. The number of hydrogen-bond acceptors (Lipinski definition) is 5. The van der Waals surface area contributed by atoms with E-state index in [1.165, 1.54) is 0 Å². The number of amides is 1. The van der Waals surface area contributed by atoms with E-state index < -0.39 is 6.29 Å². The van der Waals surface area contributed by atoms with Crippen LogP contribution in [0.4, 0.5) is 0 Å². The Labute approximate surface area is 188 Å². The standard InChI is InChI=1S/C26H27NO5/c1-2-19-7-9-22(10-8-19)23-15-24(26(29)27-11-13-30-14-12-27)32-25(16-23)31-18-21-5-3-20(17-28)4-6-21/h1,3-10,15,23,25,28H,11-14,16-18H2/t23-,25+/m0/s1. The van der Waals surface area contributed by atoms with Crippen LogP contribution in [0.2, 0.25) is 0 Å². The van der Waals surface area contributed by atoms with Crippen molar-refractivity contribution in [3.8, 4) is 12.3 Å². The summed E-state index contributed by atoms with van der Waals surface area (Å²) >= 11 is 0. The van der Waals surface area contributed by atoms with Crippen molar-refractivity contribution in [1.82, 2.24) is 4.90 Å². The van der Waals surface area contributed by atoms with Gasteiger partial charge in [-0.1, -0.05) is 42.3 Å². The molecule has 2 aromatic rings. The first kappa shape index (κ1) is 22.1. The van der Waals surface area contributed by atoms with Gasteiger partial charge in [-0.15, -0.1) is 6.42 Å². The molecule has 6 nitrogen and oxygen atoms in total. The molecular weight excluding hydrogens is 406 g/mol. The van der Waals surface area contributed by atoms with Crippen LogP contribution in [-0.2, 0) is 32.2 Å². The maximum atomic E-state index is 13.1. The quantitative estimate of drug-likeness (QED) is 0.710. The highest BCUT2D eigenvalue weighted by Gasteiger charge is 2.31. The highest BCUT2D eigenvalue weighted by molar-refractivity contribution is 5.91. The molecule has 1 saturated heterocycles. The van der Waals surface area contributed by atoms with Crippen molar-refractivity contribution < 1.29 is 24.1 Å². The first-order valence-electron chi connectivity index (χ1n) is 10.8. The van der Waals surface area contributed by atoms with Gasteiger partial charge < -0.3 is 24.2 Å². The van der Waals surface area contributed by atoms with E-state index in [9.17, 15) is 9.90 Å². The molecule has 0 unspecified atom stereocenters. The predicted octanol–water partition coefficient (Wildman–Crippen LogP) is 2.95. The lowest BCUT2D eigenvalue weighted by Gasteiger charge is -2.33. The number of terminal acetylenes is 1. The van der Waals surface area contributed by atoms with Crippen LogP contribution in [0, 0.1) is 12.3 Å². The average molecular weight is 434 g/mol. The number of morpholine rings is 1. The maximum absolute atomic E-state index is 13.1. The lowest BCUT2D eigenvalue weighted by Crippen LogP contribution is -2.43. The molecule has 32 heavy (non-hydrogen) atoms. The molecule has 4 rings (SSSR count). The summed E-state index contributed by atoms with van der Waals surface area (Å²) in [5.41, 5.74) is 3.69. The van der Waals surface area contributed by atoms with Crippen LogP contribution in [0.25, 0.3) is 0 Å². The normalized spacial score (nSPS) is 20.8. The third-order valence-electron chi connectivity index (χ3n) is 5.71. The van der Waals surface area contributed by atoms with E-state index in [2.05, 4.69) is 5.92 Å². The van der Waals surface area contributed by atoms with Crippen LogP contribution in [0.3, 0.4) is 0 Å². The number of nitrogens with zero attached hydrogens (tertiary/aromatic N) is 1. The van der Waals surface area contributed by atoms with Crippen molar-refractivity contribution >= 4 is 5.91 Å². The molecule has 0 bridgehead atoms. The zero-order chi connectivity index (χ0) is 22.3. The van der Waals surface area contributed by atoms with Crippen LogP contribution in [0.1, 0.15) is 34.6 Å². The summed E-state index contributed by atoms with van der Waals surface area (Å²) in [6, 6.07) is 15.3. The largest absolute Gasteiger partial charge is 0.459 e. The average Bonchev–Trinajstić information content (AvgIpc) is 2.87. The number of hydrogen-bond donors (Lipinski definition) is 1. The van der Waals surface area contributed by atoms with Crippen molar-refractivity contribution in [3.05, 3.63) is 82.6 Å². The van der Waals surface area contributed by atoms with Gasteiger partial charge in [0.05, 0.1) is 26.4 Å². The Morgan fingerprint density at radius 2 is 1.78 bits per heavy atom. The summed E-state index contributed by atoms with van der Waals surface area (Å²) in [6.45, 7) is 2.50. The van der Waals surface area contributed by atoms with Crippen LogP contribution >= 0.6 is 0 Å². The lowest BCUT2D eigenvalue weighted by atomic mass is 9.92. The Hall–Kier alpha value is -3.11. The van der Waals surface area contributed by atoms with Crippen molar-refractivity contribution in [2.75, 3.05) is 26.3 Å². The first-order chi connectivity index (χ1) is 15.7. The summed E-state index contributed by atoms with van der Waals surface area (Å²) in [7, 11) is 0. The Bertz CT molecular complexity index is 984. The molecule has 0 radical (unpaired) electrons. The Balaban J connectivity index is 1.51. The maximum Gasteiger partial charge on any atom is 0.288 e. The molecule has 2 aromatic carbocycles. The molecule has 0 spiro atoms. The van der Waals surface area contributed by atoms with E-state index >= 15 is 0 Å². The summed E-state index contributed by atoms with van der Waals surface area (Å²) in [5.74, 6) is 2.77. The summed E-state index contributed by atoms with van der Waals surface area (Å²) in [4.78, 5) is 14.8. The van der Waals surface area contributed by atoms with E-state index in [-0.39, 0.29) is 18.4 Å². The first-order valence-corrected chi connectivity index (χ1v) is 10.8. The third kappa shape index (κ3) is 5.38. The highest BCUT2D eigenvalue weighted by atomic mass is 16.7. The van der Waals surface area contributed by atoms with Crippen LogP contribution in [0.15, 0.2) is 60.4 Å². The second-order valence-corrected chi connectivity index (χ2v) is 7.88. The molecule has 166 valence electrons. The van der Waals surface area contributed by atoms with E-state index in [1.807, 2.05) is 54.6 Å². The third-order valence-corrected chi connectivity index (χ3v) is 5.71. The topological polar surface area (TPSA) is 68.2 Å². The zero-order valence-electron chi connectivity index (χ0n) is 17.9. The van der Waals surface area contributed by atoms with Crippen molar-refractivity contribution in [3.63, 3.8) is 0 Å². The number of aliphatic hydroxyl groups excluding tert-OH is 1. The van der Waals surface area contributed by atoms with Gasteiger partial charge in [0.15, 0.2) is 5.76 Å². The minimum absolute atomic E-state index is 0.00479. The summed E-state index contributed by atoms with van der Waals surface area (Å²) < 4.78 is 17.4. The van der Waals surface area contributed by atoms with Gasteiger partial charge in [-0.25, -0.2) is 0 Å². The minimum atomic E-state index is -0.560. The number of allylic oxidation sites excluding steroid dienone is 1. The molecule has 1 amide bonds. The zero-order valence-corrected chi connectivity index (χ0v) is 17.9. The smallest absolute Gasteiger partial charge is 0.288 e. The minimum Gasteiger partial charge on any atom is -0.459 e. The van der Waals surface area contributed by atoms with Gasteiger partial charge in [0, 0.05) is 31.0 Å². The number of carbonyl (C=O) groups excluding carboxylic acids is 1. The summed E-state index contributed by atoms with van der Waals surface area (Å²) in [6.07, 6.45) is 7.40. The molecule has 0 aliphatic carbocycles. The van der Waals surface area contributed by atoms with Crippen molar-refractivity contribution in [1.29, 1.82) is 0 Å². The van der Waals surface area contributed by atoms with Crippen LogP contribution in [-0.4, -0.2) is 48.5 Å². The molecule has 2 aliphatic rings. The predicted molar refractivity (Wildman–Crippen MR) is 119 cm³/mol. The molecule has 2 aliphatic heterocycles. The van der Waals surface area contributed by atoms with Crippen molar-refractivity contribution in [2.45, 2.75) is 31.8 Å². The molecule has 0 aromatic heterocycles. The van der Waals surface area contributed by atoms with Gasteiger partial charge in [0.2, 0.25) is 6.29 Å². The SMILES string of the molecule is C#Cc1ccc([C@H]2C=C(C(=O)N3CCOCC3)O[C@@H](OCc3ccc(CO)cc3)C2)cc1. The Morgan fingerprint density at radius 1 is 1.09 bits per heavy atom. The van der Waals surface area contributed by atoms with Gasteiger partial charge >= 0.3 is 0 Å². The van der Waals surface area contributed by atoms with Crippen molar-refractivity contribution in [2.24, 2.45) is 0 Å². The number of carbonyl (C=O) groups is 1. The lowest BCUT2D eigenvalue weighted by molar-refractivity contribution is -0.158. The second-order valence-electron chi connectivity index (χ2n) is 7.88. The van der Waals surface area contributed by atoms with E-state index in [0.29, 0.717) is 45.1 Å². The number of ether oxygens (including phenoxy) is 3. The Kier molecular flexibility index (Phi) is 7.23. The number of benzene rings is 2. The molecule has 2 atom stereocenters.